The van der Waals surface area contributed by atoms with Gasteiger partial charge >= 0.3 is 5.97 Å². The second kappa shape index (κ2) is 8.17. The van der Waals surface area contributed by atoms with Gasteiger partial charge in [0.05, 0.1) is 10.7 Å². The lowest BCUT2D eigenvalue weighted by Gasteiger charge is -2.29. The van der Waals surface area contributed by atoms with Crippen molar-refractivity contribution in [3.8, 4) is 22.8 Å². The van der Waals surface area contributed by atoms with Gasteiger partial charge in [0, 0.05) is 11.8 Å². The fourth-order valence-corrected chi connectivity index (χ4v) is 3.21. The molecule has 0 radical (unpaired) electrons. The summed E-state index contributed by atoms with van der Waals surface area (Å²) in [6.07, 6.45) is 6.66. The van der Waals surface area contributed by atoms with Gasteiger partial charge in [-0.15, -0.1) is 0 Å². The number of aromatic hydroxyl groups is 1. The fourth-order valence-electron chi connectivity index (χ4n) is 3.10. The Morgan fingerprint density at radius 3 is 2.56 bits per heavy atom. The van der Waals surface area contributed by atoms with E-state index < -0.39 is 11.6 Å². The van der Waals surface area contributed by atoms with Crippen LogP contribution in [0.25, 0.3) is 11.3 Å². The van der Waals surface area contributed by atoms with Gasteiger partial charge in [0.1, 0.15) is 6.10 Å². The molecule has 1 aromatic carbocycles. The summed E-state index contributed by atoms with van der Waals surface area (Å²) in [6, 6.07) is 8.44. The smallest absolute Gasteiger partial charge is 0.350 e. The van der Waals surface area contributed by atoms with Crippen LogP contribution in [0.2, 0.25) is 5.02 Å². The predicted molar refractivity (Wildman–Crippen MR) is 104 cm³/mol. The number of benzene rings is 1. The molecular formula is C21H24ClNO4. The van der Waals surface area contributed by atoms with Crippen molar-refractivity contribution in [1.29, 1.82) is 0 Å². The summed E-state index contributed by atoms with van der Waals surface area (Å²) in [5.74, 6) is -0.265. The zero-order valence-corrected chi connectivity index (χ0v) is 16.3. The molecule has 1 saturated carbocycles. The minimum Gasteiger partial charge on any atom is -0.504 e. The maximum absolute atomic E-state index is 12.5. The van der Waals surface area contributed by atoms with Gasteiger partial charge in [-0.25, -0.2) is 4.79 Å². The lowest BCUT2D eigenvalue weighted by Crippen LogP contribution is -2.41. The fraction of sp³-hybridized carbons (Fsp3) is 0.429. The van der Waals surface area contributed by atoms with Gasteiger partial charge in [-0.05, 0) is 69.9 Å². The number of hydrogen-bond donors (Lipinski definition) is 1. The average molecular weight is 390 g/mol. The van der Waals surface area contributed by atoms with E-state index in [0.717, 1.165) is 31.2 Å². The lowest BCUT2D eigenvalue weighted by molar-refractivity contribution is -0.166. The first kappa shape index (κ1) is 19.5. The van der Waals surface area contributed by atoms with Gasteiger partial charge in [0.2, 0.25) is 0 Å². The molecule has 1 aliphatic rings. The molecule has 1 fully saturated rings. The van der Waals surface area contributed by atoms with E-state index in [-0.39, 0.29) is 17.6 Å². The molecular weight excluding hydrogens is 366 g/mol. The van der Waals surface area contributed by atoms with Crippen molar-refractivity contribution < 1.29 is 19.4 Å². The summed E-state index contributed by atoms with van der Waals surface area (Å²) in [5, 5.41) is 10.9. The van der Waals surface area contributed by atoms with Gasteiger partial charge in [0.15, 0.2) is 17.1 Å². The van der Waals surface area contributed by atoms with E-state index in [2.05, 4.69) is 4.98 Å². The van der Waals surface area contributed by atoms with Crippen molar-refractivity contribution in [2.24, 2.45) is 0 Å². The van der Waals surface area contributed by atoms with Crippen molar-refractivity contribution in [2.75, 3.05) is 0 Å². The molecule has 2 aromatic rings. The van der Waals surface area contributed by atoms with Crippen LogP contribution in [-0.4, -0.2) is 27.8 Å². The van der Waals surface area contributed by atoms with Crippen LogP contribution in [0.5, 0.6) is 11.5 Å². The third kappa shape index (κ3) is 4.92. The number of phenolic OH excluding ortho intramolecular Hbond substituents is 1. The van der Waals surface area contributed by atoms with Gasteiger partial charge in [0.25, 0.3) is 0 Å². The molecule has 0 amide bonds. The molecule has 0 aliphatic heterocycles. The number of hydrogen-bond acceptors (Lipinski definition) is 5. The first-order chi connectivity index (χ1) is 12.8. The maximum atomic E-state index is 12.5. The SMILES string of the molecule is CC(C)(Oc1ccc(-c2ccc(Cl)cn2)cc1O)C(=O)OC1CCCCC1. The number of esters is 1. The molecule has 3 rings (SSSR count). The largest absolute Gasteiger partial charge is 0.504 e. The Morgan fingerprint density at radius 1 is 1.19 bits per heavy atom. The normalized spacial score (nSPS) is 15.4. The predicted octanol–water partition coefficient (Wildman–Crippen LogP) is 5.14. The summed E-state index contributed by atoms with van der Waals surface area (Å²) >= 11 is 5.85. The Bertz CT molecular complexity index is 798. The summed E-state index contributed by atoms with van der Waals surface area (Å²) < 4.78 is 11.4. The van der Waals surface area contributed by atoms with E-state index in [4.69, 9.17) is 21.1 Å². The third-order valence-corrected chi connectivity index (χ3v) is 4.89. The summed E-state index contributed by atoms with van der Waals surface area (Å²) in [5.41, 5.74) is 0.200. The molecule has 1 aromatic heterocycles. The Hall–Kier alpha value is -2.27. The first-order valence-corrected chi connectivity index (χ1v) is 9.58. The van der Waals surface area contributed by atoms with Gasteiger partial charge in [-0.1, -0.05) is 18.0 Å². The molecule has 1 aliphatic carbocycles. The van der Waals surface area contributed by atoms with Crippen molar-refractivity contribution in [1.82, 2.24) is 4.98 Å². The maximum Gasteiger partial charge on any atom is 0.350 e. The van der Waals surface area contributed by atoms with E-state index in [1.165, 1.54) is 6.42 Å². The zero-order chi connectivity index (χ0) is 19.4. The Balaban J connectivity index is 1.70. The highest BCUT2D eigenvalue weighted by Crippen LogP contribution is 2.34. The van der Waals surface area contributed by atoms with E-state index >= 15 is 0 Å². The molecule has 0 unspecified atom stereocenters. The van der Waals surface area contributed by atoms with Crippen LogP contribution in [0, 0.1) is 0 Å². The van der Waals surface area contributed by atoms with Gasteiger partial charge < -0.3 is 14.6 Å². The number of carbonyl (C=O) groups is 1. The highest BCUT2D eigenvalue weighted by molar-refractivity contribution is 6.30. The van der Waals surface area contributed by atoms with Crippen LogP contribution in [0.4, 0.5) is 0 Å². The summed E-state index contributed by atoms with van der Waals surface area (Å²) in [7, 11) is 0. The number of pyridine rings is 1. The number of aromatic nitrogens is 1. The molecule has 0 saturated heterocycles. The monoisotopic (exact) mass is 389 g/mol. The highest BCUT2D eigenvalue weighted by atomic mass is 35.5. The van der Waals surface area contributed by atoms with Crippen LogP contribution >= 0.6 is 11.6 Å². The number of phenols is 1. The summed E-state index contributed by atoms with van der Waals surface area (Å²) in [6.45, 7) is 3.29. The molecule has 1 N–H and O–H groups in total. The van der Waals surface area contributed by atoms with E-state index in [0.29, 0.717) is 10.7 Å². The quantitative estimate of drug-likeness (QED) is 0.717. The van der Waals surface area contributed by atoms with Crippen LogP contribution in [0.15, 0.2) is 36.5 Å². The van der Waals surface area contributed by atoms with Crippen molar-refractivity contribution in [3.05, 3.63) is 41.6 Å². The minimum absolute atomic E-state index is 0.0407. The van der Waals surface area contributed by atoms with E-state index in [1.54, 1.807) is 50.4 Å². The Morgan fingerprint density at radius 2 is 1.93 bits per heavy atom. The minimum atomic E-state index is -1.20. The topological polar surface area (TPSA) is 68.7 Å². The Kier molecular flexibility index (Phi) is 5.90. The zero-order valence-electron chi connectivity index (χ0n) is 15.6. The van der Waals surface area contributed by atoms with Gasteiger partial charge in [-0.2, -0.15) is 0 Å². The van der Waals surface area contributed by atoms with Crippen molar-refractivity contribution in [3.63, 3.8) is 0 Å². The van der Waals surface area contributed by atoms with E-state index in [1.807, 2.05) is 0 Å². The molecule has 0 bridgehead atoms. The molecule has 5 nitrogen and oxygen atoms in total. The molecule has 6 heteroatoms. The Labute approximate surface area is 164 Å². The highest BCUT2D eigenvalue weighted by Gasteiger charge is 2.34. The number of ether oxygens (including phenoxy) is 2. The average Bonchev–Trinajstić information content (AvgIpc) is 2.65. The van der Waals surface area contributed by atoms with Crippen molar-refractivity contribution in [2.45, 2.75) is 57.7 Å². The third-order valence-electron chi connectivity index (χ3n) is 4.66. The molecule has 0 spiro atoms. The number of rotatable bonds is 5. The van der Waals surface area contributed by atoms with Crippen LogP contribution in [-0.2, 0) is 9.53 Å². The second-order valence-corrected chi connectivity index (χ2v) is 7.76. The van der Waals surface area contributed by atoms with Crippen LogP contribution in [0.3, 0.4) is 0 Å². The van der Waals surface area contributed by atoms with Crippen LogP contribution in [0.1, 0.15) is 46.0 Å². The molecule has 0 atom stereocenters. The number of carbonyl (C=O) groups excluding carboxylic acids is 1. The lowest BCUT2D eigenvalue weighted by atomic mass is 9.97. The first-order valence-electron chi connectivity index (χ1n) is 9.20. The van der Waals surface area contributed by atoms with Gasteiger partial charge in [-0.3, -0.25) is 4.98 Å². The summed E-state index contributed by atoms with van der Waals surface area (Å²) in [4.78, 5) is 16.7. The molecule has 1 heterocycles. The molecule has 144 valence electrons. The van der Waals surface area contributed by atoms with Crippen molar-refractivity contribution >= 4 is 17.6 Å². The second-order valence-electron chi connectivity index (χ2n) is 7.32. The standard InChI is InChI=1S/C21H24ClNO4/c1-21(2,20(25)26-16-6-4-3-5-7-16)27-19-11-8-14(12-18(19)24)17-10-9-15(22)13-23-17/h8-13,16,24H,3-7H2,1-2H3. The molecule has 27 heavy (non-hydrogen) atoms. The number of nitrogens with zero attached hydrogens (tertiary/aromatic N) is 1. The van der Waals surface area contributed by atoms with E-state index in [9.17, 15) is 9.90 Å². The number of halogens is 1. The van der Waals surface area contributed by atoms with Crippen LogP contribution < -0.4 is 4.74 Å².